The minimum atomic E-state index is -0.454. The molecule has 148 valence electrons. The zero-order valence-corrected chi connectivity index (χ0v) is 16.3. The van der Waals surface area contributed by atoms with Crippen molar-refractivity contribution in [2.24, 2.45) is 0 Å². The Balaban J connectivity index is 1.46. The number of hydrogen-bond donors (Lipinski definition) is 0. The number of aromatic nitrogens is 2. The first-order valence-electron chi connectivity index (χ1n) is 9.50. The van der Waals surface area contributed by atoms with Crippen molar-refractivity contribution in [3.8, 4) is 0 Å². The van der Waals surface area contributed by atoms with Crippen LogP contribution in [0.25, 0.3) is 0 Å². The highest BCUT2D eigenvalue weighted by molar-refractivity contribution is 5.96. The van der Waals surface area contributed by atoms with Gasteiger partial charge >= 0.3 is 0 Å². The second kappa shape index (κ2) is 7.35. The Labute approximate surface area is 163 Å². The average molecular weight is 384 g/mol. The fourth-order valence-electron chi connectivity index (χ4n) is 4.31. The summed E-state index contributed by atoms with van der Waals surface area (Å²) in [5.41, 5.74) is 2.19. The van der Waals surface area contributed by atoms with Gasteiger partial charge < -0.3 is 19.1 Å². The van der Waals surface area contributed by atoms with Crippen LogP contribution in [0.5, 0.6) is 0 Å². The van der Waals surface area contributed by atoms with E-state index in [-0.39, 0.29) is 23.9 Å². The van der Waals surface area contributed by atoms with Crippen LogP contribution in [0.4, 0.5) is 0 Å². The fraction of sp³-hybridized carbons (Fsp3) is 0.500. The molecular formula is C20H24N4O4. The Hall–Kier alpha value is -2.74. The summed E-state index contributed by atoms with van der Waals surface area (Å²) in [5, 5.41) is 3.87. The van der Waals surface area contributed by atoms with Gasteiger partial charge in [0.05, 0.1) is 11.7 Å². The van der Waals surface area contributed by atoms with Crippen LogP contribution in [-0.2, 0) is 9.53 Å². The van der Waals surface area contributed by atoms with Crippen LogP contribution in [0, 0.1) is 13.8 Å². The maximum absolute atomic E-state index is 12.8. The van der Waals surface area contributed by atoms with Crippen molar-refractivity contribution in [2.75, 3.05) is 20.2 Å². The van der Waals surface area contributed by atoms with Gasteiger partial charge in [-0.1, -0.05) is 5.16 Å². The van der Waals surface area contributed by atoms with E-state index >= 15 is 0 Å². The van der Waals surface area contributed by atoms with Gasteiger partial charge in [0.15, 0.2) is 6.10 Å². The van der Waals surface area contributed by atoms with Gasteiger partial charge in [-0.3, -0.25) is 14.6 Å². The van der Waals surface area contributed by atoms with Crippen LogP contribution in [-0.4, -0.2) is 64.1 Å². The van der Waals surface area contributed by atoms with Crippen LogP contribution < -0.4 is 0 Å². The molecule has 0 N–H and O–H groups in total. The van der Waals surface area contributed by atoms with Gasteiger partial charge in [0.1, 0.15) is 11.3 Å². The lowest BCUT2D eigenvalue weighted by atomic mass is 9.86. The fourth-order valence-corrected chi connectivity index (χ4v) is 4.31. The molecule has 2 aliphatic rings. The lowest BCUT2D eigenvalue weighted by Crippen LogP contribution is -2.64. The van der Waals surface area contributed by atoms with Gasteiger partial charge in [0.25, 0.3) is 11.8 Å². The number of methoxy groups -OCH3 is 1. The van der Waals surface area contributed by atoms with Crippen molar-refractivity contribution in [3.05, 3.63) is 47.1 Å². The molecule has 4 rings (SSSR count). The Morgan fingerprint density at radius 3 is 2.46 bits per heavy atom. The highest BCUT2D eigenvalue weighted by Crippen LogP contribution is 2.40. The van der Waals surface area contributed by atoms with Crippen molar-refractivity contribution in [1.29, 1.82) is 0 Å². The molecule has 4 heterocycles. The Morgan fingerprint density at radius 1 is 1.21 bits per heavy atom. The molecule has 2 amide bonds. The SMILES string of the molecule is CO[C@H]1C(=O)N(C2CCN(C(=O)c3c(C)noc3C)CC2)[C@H]1c1ccncc1. The van der Waals surface area contributed by atoms with E-state index in [1.807, 2.05) is 21.9 Å². The number of amides is 2. The third-order valence-corrected chi connectivity index (χ3v) is 5.78. The van der Waals surface area contributed by atoms with Crippen molar-refractivity contribution in [1.82, 2.24) is 19.9 Å². The molecule has 2 aliphatic heterocycles. The molecule has 2 aromatic rings. The van der Waals surface area contributed by atoms with Crippen LogP contribution >= 0.6 is 0 Å². The topological polar surface area (TPSA) is 88.8 Å². The number of aryl methyl sites for hydroxylation is 2. The normalized spacial score (nSPS) is 23.0. The molecule has 0 aromatic carbocycles. The van der Waals surface area contributed by atoms with E-state index in [0.29, 0.717) is 30.1 Å². The van der Waals surface area contributed by atoms with E-state index in [1.54, 1.807) is 33.4 Å². The lowest BCUT2D eigenvalue weighted by molar-refractivity contribution is -0.178. The third-order valence-electron chi connectivity index (χ3n) is 5.78. The first kappa shape index (κ1) is 18.6. The summed E-state index contributed by atoms with van der Waals surface area (Å²) >= 11 is 0. The first-order valence-corrected chi connectivity index (χ1v) is 9.50. The molecule has 0 spiro atoms. The highest BCUT2D eigenvalue weighted by atomic mass is 16.5. The average Bonchev–Trinajstić information content (AvgIpc) is 3.05. The number of nitrogens with zero attached hydrogens (tertiary/aromatic N) is 4. The predicted molar refractivity (Wildman–Crippen MR) is 99.5 cm³/mol. The molecule has 2 fully saturated rings. The molecule has 0 saturated carbocycles. The zero-order chi connectivity index (χ0) is 19.8. The van der Waals surface area contributed by atoms with E-state index in [9.17, 15) is 9.59 Å². The predicted octanol–water partition coefficient (Wildman–Crippen LogP) is 1.89. The Bertz CT molecular complexity index is 854. The number of carbonyl (C=O) groups excluding carboxylic acids is 2. The van der Waals surface area contributed by atoms with E-state index < -0.39 is 6.10 Å². The van der Waals surface area contributed by atoms with Crippen LogP contribution in [0.2, 0.25) is 0 Å². The Kier molecular flexibility index (Phi) is 4.89. The van der Waals surface area contributed by atoms with Gasteiger partial charge in [-0.25, -0.2) is 0 Å². The van der Waals surface area contributed by atoms with Gasteiger partial charge in [0.2, 0.25) is 0 Å². The van der Waals surface area contributed by atoms with Gasteiger partial charge in [-0.2, -0.15) is 0 Å². The standard InChI is InChI=1S/C20H24N4O4/c1-12-16(13(2)28-22-12)19(25)23-10-6-15(7-11-23)24-17(18(27-3)20(24)26)14-4-8-21-9-5-14/h4-5,8-9,15,17-18H,6-7,10-11H2,1-3H3/t17-,18+/m0/s1. The Morgan fingerprint density at radius 2 is 1.89 bits per heavy atom. The largest absolute Gasteiger partial charge is 0.369 e. The molecule has 0 bridgehead atoms. The molecule has 2 atom stereocenters. The minimum Gasteiger partial charge on any atom is -0.369 e. The molecule has 2 aromatic heterocycles. The smallest absolute Gasteiger partial charge is 0.259 e. The van der Waals surface area contributed by atoms with E-state index in [1.165, 1.54) is 0 Å². The second-order valence-corrected chi connectivity index (χ2v) is 7.35. The number of likely N-dealkylation sites (tertiary alicyclic amines) is 2. The molecule has 0 radical (unpaired) electrons. The molecule has 8 heteroatoms. The number of β-lactam (4-membered cyclic amide) rings is 1. The molecule has 2 saturated heterocycles. The number of carbonyl (C=O) groups is 2. The summed E-state index contributed by atoms with van der Waals surface area (Å²) in [6.07, 6.45) is 4.48. The number of rotatable bonds is 4. The molecule has 8 nitrogen and oxygen atoms in total. The molecule has 0 aliphatic carbocycles. The van der Waals surface area contributed by atoms with E-state index in [4.69, 9.17) is 9.26 Å². The van der Waals surface area contributed by atoms with Gasteiger partial charge in [0, 0.05) is 38.6 Å². The maximum atomic E-state index is 12.8. The summed E-state index contributed by atoms with van der Waals surface area (Å²) in [6, 6.07) is 3.83. The third kappa shape index (κ3) is 2.97. The lowest BCUT2D eigenvalue weighted by Gasteiger charge is -2.52. The summed E-state index contributed by atoms with van der Waals surface area (Å²) in [4.78, 5) is 33.3. The number of piperidine rings is 1. The maximum Gasteiger partial charge on any atom is 0.259 e. The number of pyridine rings is 1. The van der Waals surface area contributed by atoms with E-state index in [0.717, 1.165) is 18.4 Å². The van der Waals surface area contributed by atoms with Crippen molar-refractivity contribution >= 4 is 11.8 Å². The van der Waals surface area contributed by atoms with Crippen molar-refractivity contribution in [2.45, 2.75) is 44.9 Å². The van der Waals surface area contributed by atoms with E-state index in [2.05, 4.69) is 10.1 Å². The van der Waals surface area contributed by atoms with Gasteiger partial charge in [-0.15, -0.1) is 0 Å². The highest BCUT2D eigenvalue weighted by Gasteiger charge is 2.51. The quantitative estimate of drug-likeness (QED) is 0.748. The second-order valence-electron chi connectivity index (χ2n) is 7.35. The monoisotopic (exact) mass is 384 g/mol. The number of hydrogen-bond acceptors (Lipinski definition) is 6. The first-order chi connectivity index (χ1) is 13.5. The molecular weight excluding hydrogens is 360 g/mol. The number of ether oxygens (including phenoxy) is 1. The van der Waals surface area contributed by atoms with Crippen LogP contribution in [0.3, 0.4) is 0 Å². The summed E-state index contributed by atoms with van der Waals surface area (Å²) in [6.45, 7) is 4.72. The van der Waals surface area contributed by atoms with Crippen molar-refractivity contribution < 1.29 is 18.8 Å². The van der Waals surface area contributed by atoms with Crippen molar-refractivity contribution in [3.63, 3.8) is 0 Å². The van der Waals surface area contributed by atoms with Gasteiger partial charge in [-0.05, 0) is 44.4 Å². The minimum absolute atomic E-state index is 0.0137. The molecule has 0 unspecified atom stereocenters. The van der Waals surface area contributed by atoms with Crippen LogP contribution in [0.15, 0.2) is 29.0 Å². The van der Waals surface area contributed by atoms with Crippen LogP contribution in [0.1, 0.15) is 46.3 Å². The summed E-state index contributed by atoms with van der Waals surface area (Å²) < 4.78 is 10.6. The zero-order valence-electron chi connectivity index (χ0n) is 16.3. The summed E-state index contributed by atoms with van der Waals surface area (Å²) in [7, 11) is 1.57. The molecule has 28 heavy (non-hydrogen) atoms. The summed E-state index contributed by atoms with van der Waals surface area (Å²) in [5.74, 6) is 0.508.